The summed E-state index contributed by atoms with van der Waals surface area (Å²) in [5, 5.41) is 9.87. The Kier molecular flexibility index (Phi) is 7.76. The molecule has 0 aromatic heterocycles. The van der Waals surface area contributed by atoms with E-state index in [9.17, 15) is 5.11 Å². The molecule has 0 saturated carbocycles. The molecule has 1 aromatic rings. The van der Waals surface area contributed by atoms with E-state index < -0.39 is 0 Å². The van der Waals surface area contributed by atoms with E-state index in [4.69, 9.17) is 9.47 Å². The average Bonchev–Trinajstić information content (AvgIpc) is 2.30. The molecule has 0 saturated heterocycles. The number of rotatable bonds is 5. The van der Waals surface area contributed by atoms with Crippen LogP contribution >= 0.6 is 0 Å². The zero-order valence-electron chi connectivity index (χ0n) is 10.6. The maximum absolute atomic E-state index is 9.87. The van der Waals surface area contributed by atoms with Crippen molar-refractivity contribution in [3.05, 3.63) is 24.6 Å². The third kappa shape index (κ3) is 4.45. The van der Waals surface area contributed by atoms with Crippen LogP contribution in [0, 0.1) is 6.92 Å². The summed E-state index contributed by atoms with van der Waals surface area (Å²) in [5.74, 6) is 1.38. The molecule has 0 aliphatic heterocycles. The Morgan fingerprint density at radius 3 is 2.41 bits per heavy atom. The first-order valence-corrected chi connectivity index (χ1v) is 5.04. The topological polar surface area (TPSA) is 41.9 Å². The van der Waals surface area contributed by atoms with E-state index in [0.29, 0.717) is 24.6 Å². The number of aromatic hydroxyl groups is 1. The van der Waals surface area contributed by atoms with Gasteiger partial charge in [-0.3, -0.25) is 0 Å². The van der Waals surface area contributed by atoms with Gasteiger partial charge >= 0.3 is 0 Å². The van der Waals surface area contributed by atoms with Crippen LogP contribution in [0.15, 0.2) is 12.1 Å². The van der Waals surface area contributed by atoms with Crippen LogP contribution in [0.1, 0.15) is 5.56 Å². The van der Waals surface area contributed by atoms with Gasteiger partial charge in [0.2, 0.25) is 0 Å². The van der Waals surface area contributed by atoms with Crippen molar-refractivity contribution in [2.45, 2.75) is 6.54 Å². The van der Waals surface area contributed by atoms with Gasteiger partial charge in [-0.15, -0.1) is 6.54 Å². The molecule has 0 aliphatic rings. The molecule has 0 bridgehead atoms. The molecule has 1 N–H and O–H groups in total. The Morgan fingerprint density at radius 2 is 1.94 bits per heavy atom. The second-order valence-corrected chi connectivity index (χ2v) is 3.57. The minimum Gasteiger partial charge on any atom is -0.507 e. The number of benzene rings is 1. The van der Waals surface area contributed by atoms with Crippen LogP contribution in [0.3, 0.4) is 0 Å². The van der Waals surface area contributed by atoms with Crippen LogP contribution < -0.4 is 9.47 Å². The average molecular weight is 313 g/mol. The van der Waals surface area contributed by atoms with Crippen molar-refractivity contribution in [3.8, 4) is 17.2 Å². The first kappa shape index (κ1) is 16.7. The van der Waals surface area contributed by atoms with Crippen molar-refractivity contribution in [1.29, 1.82) is 0 Å². The van der Waals surface area contributed by atoms with Gasteiger partial charge in [0.1, 0.15) is 17.2 Å². The van der Waals surface area contributed by atoms with Gasteiger partial charge in [0, 0.05) is 51.4 Å². The Hall–Kier alpha value is -0.316. The van der Waals surface area contributed by atoms with Crippen LogP contribution in [0.5, 0.6) is 17.2 Å². The smallest absolute Gasteiger partial charge is 0.130 e. The number of methoxy groups -OCH3 is 2. The first-order valence-electron chi connectivity index (χ1n) is 5.04. The van der Waals surface area contributed by atoms with Gasteiger partial charge < -0.3 is 26.4 Å². The maximum Gasteiger partial charge on any atom is 0.130 e. The molecule has 93 valence electrons. The monoisotopic (exact) mass is 313 g/mol. The third-order valence-electron chi connectivity index (χ3n) is 2.42. The van der Waals surface area contributed by atoms with Crippen LogP contribution in [-0.4, -0.2) is 37.8 Å². The summed E-state index contributed by atoms with van der Waals surface area (Å²) in [5.41, 5.74) is 0.745. The Labute approximate surface area is 128 Å². The minimum absolute atomic E-state index is 0. The molecule has 0 unspecified atom stereocenters. The first-order chi connectivity index (χ1) is 7.62. The summed E-state index contributed by atoms with van der Waals surface area (Å²) >= 11 is 0. The van der Waals surface area contributed by atoms with Gasteiger partial charge in [-0.1, -0.05) is 0 Å². The molecule has 0 heterocycles. The van der Waals surface area contributed by atoms with Gasteiger partial charge in [0.15, 0.2) is 0 Å². The molecule has 0 amide bonds. The normalized spacial score (nSPS) is 9.94. The minimum atomic E-state index is 0. The molecule has 0 spiro atoms. The number of hydrogen-bond donors (Lipinski definition) is 1. The predicted molar refractivity (Wildman–Crippen MR) is 62.9 cm³/mol. The standard InChI is InChI=1S/C12H18NO3.Y/c1-5-13(2)8-10-11(14)6-9(15-3)7-12(10)16-4;/h6-7,14H,1,5,8H2,2-4H3;/q-1;. The molecule has 0 fully saturated rings. The van der Waals surface area contributed by atoms with E-state index in [1.165, 1.54) is 0 Å². The molecule has 5 heteroatoms. The van der Waals surface area contributed by atoms with E-state index in [1.54, 1.807) is 26.4 Å². The van der Waals surface area contributed by atoms with E-state index in [1.807, 2.05) is 11.9 Å². The number of ether oxygens (including phenoxy) is 2. The van der Waals surface area contributed by atoms with E-state index >= 15 is 0 Å². The van der Waals surface area contributed by atoms with Crippen molar-refractivity contribution >= 4 is 0 Å². The Morgan fingerprint density at radius 1 is 1.29 bits per heavy atom. The van der Waals surface area contributed by atoms with Crippen LogP contribution in [0.2, 0.25) is 0 Å². The summed E-state index contributed by atoms with van der Waals surface area (Å²) in [6.07, 6.45) is 0. The number of nitrogens with zero attached hydrogens (tertiary/aromatic N) is 1. The van der Waals surface area contributed by atoms with Gasteiger partial charge in [0.25, 0.3) is 0 Å². The quantitative estimate of drug-likeness (QED) is 0.840. The summed E-state index contributed by atoms with van der Waals surface area (Å²) in [4.78, 5) is 1.98. The number of phenols is 1. The Bertz CT molecular complexity index is 358. The second kappa shape index (κ2) is 7.90. The fraction of sp³-hybridized carbons (Fsp3) is 0.417. The van der Waals surface area contributed by atoms with Crippen molar-refractivity contribution in [2.24, 2.45) is 0 Å². The largest absolute Gasteiger partial charge is 0.507 e. The van der Waals surface area contributed by atoms with E-state index in [0.717, 1.165) is 5.56 Å². The molecule has 1 radical (unpaired) electrons. The van der Waals surface area contributed by atoms with Crippen LogP contribution in [-0.2, 0) is 39.3 Å². The fourth-order valence-electron chi connectivity index (χ4n) is 1.41. The van der Waals surface area contributed by atoms with Crippen molar-refractivity contribution in [1.82, 2.24) is 4.90 Å². The van der Waals surface area contributed by atoms with Crippen LogP contribution in [0.25, 0.3) is 0 Å². The zero-order valence-corrected chi connectivity index (χ0v) is 13.4. The zero-order chi connectivity index (χ0) is 12.1. The van der Waals surface area contributed by atoms with Crippen molar-refractivity contribution in [3.63, 3.8) is 0 Å². The Balaban J connectivity index is 0.00000256. The summed E-state index contributed by atoms with van der Waals surface area (Å²) in [6.45, 7) is 5.03. The fourth-order valence-corrected chi connectivity index (χ4v) is 1.41. The predicted octanol–water partition coefficient (Wildman–Crippen LogP) is 1.67. The molecular weight excluding hydrogens is 295 g/mol. The van der Waals surface area contributed by atoms with E-state index in [2.05, 4.69) is 6.92 Å². The maximum atomic E-state index is 9.87. The third-order valence-corrected chi connectivity index (χ3v) is 2.42. The number of phenolic OH excluding ortho intramolecular Hbond substituents is 1. The van der Waals surface area contributed by atoms with Crippen LogP contribution in [0.4, 0.5) is 0 Å². The molecule has 0 atom stereocenters. The van der Waals surface area contributed by atoms with Crippen molar-refractivity contribution in [2.75, 3.05) is 27.8 Å². The molecule has 1 rings (SSSR count). The SMILES string of the molecule is [CH2-]CN(C)Cc1c(O)cc(OC)cc1OC.[Y]. The van der Waals surface area contributed by atoms with Gasteiger partial charge in [-0.2, -0.15) is 0 Å². The molecule has 17 heavy (non-hydrogen) atoms. The van der Waals surface area contributed by atoms with E-state index in [-0.39, 0.29) is 38.5 Å². The van der Waals surface area contributed by atoms with Gasteiger partial charge in [-0.05, 0) is 7.05 Å². The van der Waals surface area contributed by atoms with Gasteiger partial charge in [-0.25, -0.2) is 0 Å². The molecular formula is C12H18NO3Y-. The summed E-state index contributed by atoms with van der Waals surface area (Å²) < 4.78 is 10.3. The van der Waals surface area contributed by atoms with Gasteiger partial charge in [0.05, 0.1) is 19.8 Å². The van der Waals surface area contributed by atoms with Crippen molar-refractivity contribution < 1.29 is 47.3 Å². The number of hydrogen-bond acceptors (Lipinski definition) is 4. The molecule has 1 aromatic carbocycles. The molecule has 0 aliphatic carbocycles. The second-order valence-electron chi connectivity index (χ2n) is 3.57. The summed E-state index contributed by atoms with van der Waals surface area (Å²) in [7, 11) is 5.05. The summed E-state index contributed by atoms with van der Waals surface area (Å²) in [6, 6.07) is 3.33. The molecule has 4 nitrogen and oxygen atoms in total.